The Morgan fingerprint density at radius 1 is 1.05 bits per heavy atom. The molecule has 102 valence electrons. The number of H-pyrrole nitrogens is 1. The first-order chi connectivity index (χ1) is 9.47. The number of nitrogens with zero attached hydrogens (tertiary/aromatic N) is 1. The van der Waals surface area contributed by atoms with E-state index in [-0.39, 0.29) is 11.3 Å². The Labute approximate surface area is 117 Å². The minimum absolute atomic E-state index is 0.0357. The van der Waals surface area contributed by atoms with Crippen LogP contribution in [0.1, 0.15) is 5.56 Å². The van der Waals surface area contributed by atoms with Gasteiger partial charge in [-0.3, -0.25) is 5.10 Å². The first-order valence-electron chi connectivity index (χ1n) is 5.77. The third-order valence-electron chi connectivity index (χ3n) is 3.01. The molecule has 2 aromatic carbocycles. The Hall–Kier alpha value is -2.01. The maximum Gasteiger partial charge on any atom is 0.417 e. The number of aromatic nitrogens is 2. The largest absolute Gasteiger partial charge is 0.417 e. The third-order valence-corrected chi connectivity index (χ3v) is 3.25. The molecule has 0 aliphatic rings. The fourth-order valence-corrected chi connectivity index (χ4v) is 2.30. The summed E-state index contributed by atoms with van der Waals surface area (Å²) in [5, 5.41) is 7.73. The SMILES string of the molecule is FC(F)(F)c1ccccc1-c1n[nH]c2ccc(Cl)cc12. The van der Waals surface area contributed by atoms with E-state index in [1.165, 1.54) is 12.1 Å². The van der Waals surface area contributed by atoms with Gasteiger partial charge in [0.1, 0.15) is 5.69 Å². The van der Waals surface area contributed by atoms with Crippen LogP contribution in [0.5, 0.6) is 0 Å². The summed E-state index contributed by atoms with van der Waals surface area (Å²) < 4.78 is 39.2. The number of hydrogen-bond acceptors (Lipinski definition) is 1. The van der Waals surface area contributed by atoms with Gasteiger partial charge in [-0.25, -0.2) is 0 Å². The van der Waals surface area contributed by atoms with Crippen LogP contribution < -0.4 is 0 Å². The van der Waals surface area contributed by atoms with Crippen LogP contribution in [0.2, 0.25) is 5.02 Å². The van der Waals surface area contributed by atoms with Crippen molar-refractivity contribution in [2.24, 2.45) is 0 Å². The molecule has 0 atom stereocenters. The zero-order valence-corrected chi connectivity index (χ0v) is 10.8. The molecule has 2 nitrogen and oxygen atoms in total. The number of hydrogen-bond donors (Lipinski definition) is 1. The van der Waals surface area contributed by atoms with Gasteiger partial charge in [0.05, 0.1) is 11.1 Å². The molecule has 0 saturated heterocycles. The van der Waals surface area contributed by atoms with Crippen LogP contribution in [0.3, 0.4) is 0 Å². The summed E-state index contributed by atoms with van der Waals surface area (Å²) in [6.07, 6.45) is -4.43. The molecule has 3 aromatic rings. The van der Waals surface area contributed by atoms with E-state index in [0.717, 1.165) is 6.07 Å². The van der Waals surface area contributed by atoms with E-state index in [1.54, 1.807) is 24.3 Å². The van der Waals surface area contributed by atoms with Crippen molar-refractivity contribution in [2.75, 3.05) is 0 Å². The molecule has 0 unspecified atom stereocenters. The first-order valence-corrected chi connectivity index (χ1v) is 6.15. The molecule has 1 aromatic heterocycles. The molecule has 0 saturated carbocycles. The lowest BCUT2D eigenvalue weighted by Gasteiger charge is -2.11. The highest BCUT2D eigenvalue weighted by Crippen LogP contribution is 2.38. The van der Waals surface area contributed by atoms with Gasteiger partial charge in [0.25, 0.3) is 0 Å². The lowest BCUT2D eigenvalue weighted by molar-refractivity contribution is -0.137. The standard InChI is InChI=1S/C14H8ClF3N2/c15-8-5-6-12-10(7-8)13(20-19-12)9-3-1-2-4-11(9)14(16,17)18/h1-7H,(H,19,20). The summed E-state index contributed by atoms with van der Waals surface area (Å²) in [6, 6.07) is 10.3. The summed E-state index contributed by atoms with van der Waals surface area (Å²) >= 11 is 5.90. The van der Waals surface area contributed by atoms with Crippen molar-refractivity contribution in [3.8, 4) is 11.3 Å². The van der Waals surface area contributed by atoms with E-state index < -0.39 is 11.7 Å². The van der Waals surface area contributed by atoms with Crippen molar-refractivity contribution in [2.45, 2.75) is 6.18 Å². The number of rotatable bonds is 1. The van der Waals surface area contributed by atoms with Crippen molar-refractivity contribution >= 4 is 22.5 Å². The van der Waals surface area contributed by atoms with Crippen LogP contribution >= 0.6 is 11.6 Å². The molecule has 0 amide bonds. The molecule has 0 aliphatic heterocycles. The predicted octanol–water partition coefficient (Wildman–Crippen LogP) is 4.90. The van der Waals surface area contributed by atoms with Crippen molar-refractivity contribution in [1.82, 2.24) is 10.2 Å². The molecule has 3 rings (SSSR count). The molecular formula is C14H8ClF3N2. The molecule has 0 fully saturated rings. The molecule has 6 heteroatoms. The van der Waals surface area contributed by atoms with E-state index in [0.29, 0.717) is 15.9 Å². The van der Waals surface area contributed by atoms with E-state index in [2.05, 4.69) is 10.2 Å². The van der Waals surface area contributed by atoms with Gasteiger partial charge in [-0.2, -0.15) is 18.3 Å². The Balaban J connectivity index is 2.29. The molecule has 0 bridgehead atoms. The molecule has 1 heterocycles. The highest BCUT2D eigenvalue weighted by atomic mass is 35.5. The summed E-state index contributed by atoms with van der Waals surface area (Å²) in [4.78, 5) is 0. The summed E-state index contributed by atoms with van der Waals surface area (Å²) in [7, 11) is 0. The monoisotopic (exact) mass is 296 g/mol. The van der Waals surface area contributed by atoms with E-state index in [4.69, 9.17) is 11.6 Å². The first kappa shape index (κ1) is 13.0. The zero-order chi connectivity index (χ0) is 14.3. The lowest BCUT2D eigenvalue weighted by Crippen LogP contribution is -2.07. The van der Waals surface area contributed by atoms with Crippen LogP contribution in [0.4, 0.5) is 13.2 Å². The molecule has 20 heavy (non-hydrogen) atoms. The fourth-order valence-electron chi connectivity index (χ4n) is 2.13. The zero-order valence-electron chi connectivity index (χ0n) is 10.0. The van der Waals surface area contributed by atoms with Crippen LogP contribution in [0, 0.1) is 0 Å². The highest BCUT2D eigenvalue weighted by Gasteiger charge is 2.34. The van der Waals surface area contributed by atoms with Crippen molar-refractivity contribution in [3.63, 3.8) is 0 Å². The second-order valence-corrected chi connectivity index (χ2v) is 4.74. The lowest BCUT2D eigenvalue weighted by atomic mass is 10.0. The molecule has 1 N–H and O–H groups in total. The van der Waals surface area contributed by atoms with E-state index in [9.17, 15) is 13.2 Å². The maximum atomic E-state index is 13.1. The predicted molar refractivity (Wildman–Crippen MR) is 71.5 cm³/mol. The van der Waals surface area contributed by atoms with Crippen LogP contribution in [0.15, 0.2) is 42.5 Å². The third kappa shape index (κ3) is 2.14. The average molecular weight is 297 g/mol. The summed E-state index contributed by atoms with van der Waals surface area (Å²) in [5.74, 6) is 0. The molecule has 0 aliphatic carbocycles. The minimum Gasteiger partial charge on any atom is -0.277 e. The van der Waals surface area contributed by atoms with Crippen molar-refractivity contribution < 1.29 is 13.2 Å². The van der Waals surface area contributed by atoms with Crippen LogP contribution in [0.25, 0.3) is 22.2 Å². The van der Waals surface area contributed by atoms with E-state index in [1.807, 2.05) is 0 Å². The number of alkyl halides is 3. The summed E-state index contributed by atoms with van der Waals surface area (Å²) in [6.45, 7) is 0. The van der Waals surface area contributed by atoms with E-state index >= 15 is 0 Å². The number of fused-ring (bicyclic) bond motifs is 1. The average Bonchev–Trinajstić information content (AvgIpc) is 2.80. The fraction of sp³-hybridized carbons (Fsp3) is 0.0714. The van der Waals surface area contributed by atoms with Gasteiger partial charge >= 0.3 is 6.18 Å². The minimum atomic E-state index is -4.43. The smallest absolute Gasteiger partial charge is 0.277 e. The second kappa shape index (κ2) is 4.52. The van der Waals surface area contributed by atoms with Crippen molar-refractivity contribution in [1.29, 1.82) is 0 Å². The quantitative estimate of drug-likeness (QED) is 0.679. The van der Waals surface area contributed by atoms with Crippen LogP contribution in [-0.4, -0.2) is 10.2 Å². The number of halogens is 4. The Bertz CT molecular complexity index is 777. The van der Waals surface area contributed by atoms with Gasteiger partial charge in [0, 0.05) is 16.0 Å². The van der Waals surface area contributed by atoms with Gasteiger partial charge in [-0.05, 0) is 24.3 Å². The maximum absolute atomic E-state index is 13.1. The molecule has 0 spiro atoms. The van der Waals surface area contributed by atoms with Gasteiger partial charge in [0.2, 0.25) is 0 Å². The second-order valence-electron chi connectivity index (χ2n) is 4.31. The number of aromatic amines is 1. The molecular weight excluding hydrogens is 289 g/mol. The topological polar surface area (TPSA) is 28.7 Å². The number of benzene rings is 2. The van der Waals surface area contributed by atoms with Crippen LogP contribution in [-0.2, 0) is 6.18 Å². The number of nitrogens with one attached hydrogen (secondary N) is 1. The Morgan fingerprint density at radius 2 is 1.80 bits per heavy atom. The van der Waals surface area contributed by atoms with Gasteiger partial charge < -0.3 is 0 Å². The highest BCUT2D eigenvalue weighted by molar-refractivity contribution is 6.31. The van der Waals surface area contributed by atoms with Crippen molar-refractivity contribution in [3.05, 3.63) is 53.1 Å². The van der Waals surface area contributed by atoms with Gasteiger partial charge in [-0.1, -0.05) is 29.8 Å². The molecule has 0 radical (unpaired) electrons. The summed E-state index contributed by atoms with van der Waals surface area (Å²) in [5.41, 5.74) is 0.207. The van der Waals surface area contributed by atoms with Gasteiger partial charge in [0.15, 0.2) is 0 Å². The van der Waals surface area contributed by atoms with Gasteiger partial charge in [-0.15, -0.1) is 0 Å². The Kier molecular flexibility index (Phi) is 2.94. The normalized spacial score (nSPS) is 12.0. The Morgan fingerprint density at radius 3 is 2.55 bits per heavy atom.